The van der Waals surface area contributed by atoms with Crippen molar-refractivity contribution in [1.29, 1.82) is 0 Å². The topological polar surface area (TPSA) is 85.1 Å². The van der Waals surface area contributed by atoms with E-state index in [0.29, 0.717) is 24.2 Å². The minimum Gasteiger partial charge on any atom is -0.338 e. The Kier molecular flexibility index (Phi) is 3.29. The van der Waals surface area contributed by atoms with E-state index in [1.54, 1.807) is 0 Å². The maximum atomic E-state index is 11.5. The van der Waals surface area contributed by atoms with Gasteiger partial charge in [0.15, 0.2) is 15.7 Å². The fourth-order valence-electron chi connectivity index (χ4n) is 4.06. The number of aromatic nitrogens is 2. The van der Waals surface area contributed by atoms with E-state index in [1.807, 2.05) is 0 Å². The van der Waals surface area contributed by atoms with Crippen LogP contribution in [0.5, 0.6) is 0 Å². The molecule has 2 aliphatic heterocycles. The maximum absolute atomic E-state index is 11.5. The number of fused-ring (bicyclic) bond motifs is 1. The average molecular weight is 311 g/mol. The van der Waals surface area contributed by atoms with Gasteiger partial charge in [0.2, 0.25) is 5.89 Å². The summed E-state index contributed by atoms with van der Waals surface area (Å²) in [5.74, 6) is 2.26. The van der Waals surface area contributed by atoms with Gasteiger partial charge in [-0.25, -0.2) is 8.42 Å². The summed E-state index contributed by atoms with van der Waals surface area (Å²) in [7, 11) is -2.91. The van der Waals surface area contributed by atoms with Crippen molar-refractivity contribution in [1.82, 2.24) is 15.5 Å². The van der Waals surface area contributed by atoms with Crippen molar-refractivity contribution in [2.45, 2.75) is 56.5 Å². The van der Waals surface area contributed by atoms with Gasteiger partial charge in [-0.1, -0.05) is 18.0 Å². The Bertz CT molecular complexity index is 613. The van der Waals surface area contributed by atoms with Crippen LogP contribution in [0.1, 0.15) is 62.2 Å². The third-order valence-corrected chi connectivity index (χ3v) is 6.98. The summed E-state index contributed by atoms with van der Waals surface area (Å²) in [5.41, 5.74) is 0. The molecule has 1 aromatic heterocycles. The van der Waals surface area contributed by atoms with Crippen molar-refractivity contribution in [3.63, 3.8) is 0 Å². The smallest absolute Gasteiger partial charge is 0.243 e. The second-order valence-corrected chi connectivity index (χ2v) is 8.93. The summed E-state index contributed by atoms with van der Waals surface area (Å²) in [6, 6.07) is 0.739. The molecular weight excluding hydrogens is 290 g/mol. The molecular formula is C14H21N3O3S. The number of rotatable bonds is 2. The number of sulfone groups is 1. The molecule has 4 rings (SSSR count). The molecule has 3 fully saturated rings. The molecule has 21 heavy (non-hydrogen) atoms. The first-order valence-electron chi connectivity index (χ1n) is 7.91. The Morgan fingerprint density at radius 1 is 1.19 bits per heavy atom. The van der Waals surface area contributed by atoms with Gasteiger partial charge in [-0.05, 0) is 31.6 Å². The van der Waals surface area contributed by atoms with Crippen molar-refractivity contribution >= 4 is 9.84 Å². The van der Waals surface area contributed by atoms with Gasteiger partial charge in [-0.2, -0.15) is 4.98 Å². The van der Waals surface area contributed by atoms with E-state index in [0.717, 1.165) is 12.3 Å². The van der Waals surface area contributed by atoms with Crippen molar-refractivity contribution < 1.29 is 12.9 Å². The third-order valence-electron chi connectivity index (χ3n) is 5.22. The van der Waals surface area contributed by atoms with Gasteiger partial charge in [-0.3, -0.25) is 0 Å². The molecule has 3 aliphatic rings. The van der Waals surface area contributed by atoms with Crippen LogP contribution in [0.15, 0.2) is 4.52 Å². The van der Waals surface area contributed by atoms with Crippen LogP contribution >= 0.6 is 0 Å². The van der Waals surface area contributed by atoms with Crippen LogP contribution in [-0.4, -0.2) is 36.1 Å². The number of nitrogens with one attached hydrogen (secondary N) is 1. The molecule has 4 atom stereocenters. The summed E-state index contributed by atoms with van der Waals surface area (Å²) in [6.45, 7) is 0. The SMILES string of the molecule is O=S1(=O)CCC(c2noc(C3CC4CCCCC4N3)n2)C1. The minimum absolute atomic E-state index is 0.0869. The zero-order chi connectivity index (χ0) is 14.4. The van der Waals surface area contributed by atoms with Crippen LogP contribution in [0, 0.1) is 5.92 Å². The molecule has 0 radical (unpaired) electrons. The van der Waals surface area contributed by atoms with Crippen LogP contribution in [-0.2, 0) is 9.84 Å². The predicted octanol–water partition coefficient (Wildman–Crippen LogP) is 1.56. The van der Waals surface area contributed by atoms with E-state index in [-0.39, 0.29) is 23.5 Å². The Balaban J connectivity index is 1.48. The molecule has 116 valence electrons. The monoisotopic (exact) mass is 311 g/mol. The van der Waals surface area contributed by atoms with Gasteiger partial charge in [0, 0.05) is 12.0 Å². The summed E-state index contributed by atoms with van der Waals surface area (Å²) < 4.78 is 28.5. The highest BCUT2D eigenvalue weighted by Gasteiger charge is 2.39. The lowest BCUT2D eigenvalue weighted by Gasteiger charge is -2.24. The van der Waals surface area contributed by atoms with E-state index in [4.69, 9.17) is 4.52 Å². The molecule has 2 saturated heterocycles. The second-order valence-electron chi connectivity index (χ2n) is 6.70. The number of hydrogen-bond acceptors (Lipinski definition) is 6. The number of hydrogen-bond donors (Lipinski definition) is 1. The van der Waals surface area contributed by atoms with Crippen molar-refractivity contribution in [2.24, 2.45) is 5.92 Å². The molecule has 4 unspecified atom stereocenters. The molecule has 1 aromatic rings. The van der Waals surface area contributed by atoms with Gasteiger partial charge in [0.25, 0.3) is 0 Å². The van der Waals surface area contributed by atoms with E-state index in [1.165, 1.54) is 25.7 Å². The summed E-state index contributed by atoms with van der Waals surface area (Å²) in [5, 5.41) is 7.65. The highest BCUT2D eigenvalue weighted by molar-refractivity contribution is 7.91. The lowest BCUT2D eigenvalue weighted by molar-refractivity contribution is 0.324. The lowest BCUT2D eigenvalue weighted by Crippen LogP contribution is -2.30. The first-order chi connectivity index (χ1) is 10.1. The van der Waals surface area contributed by atoms with E-state index >= 15 is 0 Å². The predicted molar refractivity (Wildman–Crippen MR) is 76.5 cm³/mol. The Hall–Kier alpha value is -0.950. The molecule has 0 spiro atoms. The molecule has 7 heteroatoms. The summed E-state index contributed by atoms with van der Waals surface area (Å²) >= 11 is 0. The van der Waals surface area contributed by atoms with Crippen LogP contribution < -0.4 is 5.32 Å². The fourth-order valence-corrected chi connectivity index (χ4v) is 5.80. The minimum atomic E-state index is -2.91. The average Bonchev–Trinajstić information content (AvgIpc) is 3.14. The van der Waals surface area contributed by atoms with Gasteiger partial charge >= 0.3 is 0 Å². The van der Waals surface area contributed by atoms with Crippen molar-refractivity contribution in [3.05, 3.63) is 11.7 Å². The molecule has 0 aromatic carbocycles. The van der Waals surface area contributed by atoms with Gasteiger partial charge in [0.05, 0.1) is 17.5 Å². The van der Waals surface area contributed by atoms with Crippen LogP contribution in [0.25, 0.3) is 0 Å². The number of nitrogens with zero attached hydrogens (tertiary/aromatic N) is 2. The summed E-state index contributed by atoms with van der Waals surface area (Å²) in [6.07, 6.45) is 6.83. The van der Waals surface area contributed by atoms with E-state index in [9.17, 15) is 8.42 Å². The zero-order valence-corrected chi connectivity index (χ0v) is 12.8. The Morgan fingerprint density at radius 3 is 2.81 bits per heavy atom. The lowest BCUT2D eigenvalue weighted by atomic mass is 9.85. The largest absolute Gasteiger partial charge is 0.338 e. The maximum Gasteiger partial charge on any atom is 0.243 e. The summed E-state index contributed by atoms with van der Waals surface area (Å²) in [4.78, 5) is 4.49. The molecule has 0 amide bonds. The van der Waals surface area contributed by atoms with Gasteiger partial charge in [-0.15, -0.1) is 0 Å². The molecule has 1 aliphatic carbocycles. The first kappa shape index (κ1) is 13.7. The van der Waals surface area contributed by atoms with Crippen LogP contribution in [0.3, 0.4) is 0 Å². The highest BCUT2D eigenvalue weighted by Crippen LogP contribution is 2.39. The first-order valence-corrected chi connectivity index (χ1v) is 9.73. The molecule has 1 saturated carbocycles. The molecule has 3 heterocycles. The molecule has 0 bridgehead atoms. The van der Waals surface area contributed by atoms with Crippen molar-refractivity contribution in [3.8, 4) is 0 Å². The quantitative estimate of drug-likeness (QED) is 0.892. The zero-order valence-electron chi connectivity index (χ0n) is 12.0. The van der Waals surface area contributed by atoms with Gasteiger partial charge in [0.1, 0.15) is 0 Å². The Labute approximate surface area is 124 Å². The fraction of sp³-hybridized carbons (Fsp3) is 0.857. The molecule has 6 nitrogen and oxygen atoms in total. The Morgan fingerprint density at radius 2 is 2.05 bits per heavy atom. The molecule has 1 N–H and O–H groups in total. The van der Waals surface area contributed by atoms with E-state index < -0.39 is 9.84 Å². The van der Waals surface area contributed by atoms with E-state index in [2.05, 4.69) is 15.5 Å². The third kappa shape index (κ3) is 2.61. The normalized spacial score (nSPS) is 38.5. The van der Waals surface area contributed by atoms with Crippen molar-refractivity contribution in [2.75, 3.05) is 11.5 Å². The second kappa shape index (κ2) is 5.05. The highest BCUT2D eigenvalue weighted by atomic mass is 32.2. The van der Waals surface area contributed by atoms with Gasteiger partial charge < -0.3 is 9.84 Å². The van der Waals surface area contributed by atoms with Crippen LogP contribution in [0.2, 0.25) is 0 Å². The standard InChI is InChI=1S/C14H21N3O3S/c18-21(19)6-5-10(8-21)13-16-14(20-17-13)12-7-9-3-1-2-4-11(9)15-12/h9-12,15H,1-8H2. The van der Waals surface area contributed by atoms with Crippen LogP contribution in [0.4, 0.5) is 0 Å².